The largest absolute Gasteiger partial charge is 0.270 e. The van der Waals surface area contributed by atoms with E-state index in [1.54, 1.807) is 18.7 Å². The lowest BCUT2D eigenvalue weighted by atomic mass is 10.1. The molecular formula is C8H13FN2. The van der Waals surface area contributed by atoms with Gasteiger partial charge < -0.3 is 0 Å². The van der Waals surface area contributed by atoms with Gasteiger partial charge in [0.15, 0.2) is 5.82 Å². The van der Waals surface area contributed by atoms with E-state index in [0.717, 1.165) is 0 Å². The van der Waals surface area contributed by atoms with Crippen molar-refractivity contribution in [1.29, 1.82) is 0 Å². The summed E-state index contributed by atoms with van der Waals surface area (Å²) in [5, 5.41) is 4.05. The summed E-state index contributed by atoms with van der Waals surface area (Å²) < 4.78 is 14.8. The fourth-order valence-corrected chi connectivity index (χ4v) is 0.977. The van der Waals surface area contributed by atoms with Gasteiger partial charge in [-0.05, 0) is 6.92 Å². The summed E-state index contributed by atoms with van der Waals surface area (Å²) in [6.07, 6.45) is 0. The van der Waals surface area contributed by atoms with E-state index in [9.17, 15) is 4.39 Å². The molecule has 0 saturated heterocycles. The molecular weight excluding hydrogens is 143 g/mol. The van der Waals surface area contributed by atoms with E-state index in [1.807, 2.05) is 13.8 Å². The van der Waals surface area contributed by atoms with Gasteiger partial charge in [0.05, 0.1) is 5.69 Å². The maximum absolute atomic E-state index is 13.2. The van der Waals surface area contributed by atoms with Gasteiger partial charge in [-0.25, -0.2) is 4.39 Å². The summed E-state index contributed by atoms with van der Waals surface area (Å²) in [6.45, 7) is 5.60. The van der Waals surface area contributed by atoms with Crippen LogP contribution in [0.15, 0.2) is 0 Å². The van der Waals surface area contributed by atoms with Crippen LogP contribution in [0.25, 0.3) is 0 Å². The Morgan fingerprint density at radius 1 is 1.45 bits per heavy atom. The van der Waals surface area contributed by atoms with Gasteiger partial charge in [0, 0.05) is 13.0 Å². The van der Waals surface area contributed by atoms with Crippen molar-refractivity contribution in [3.05, 3.63) is 17.2 Å². The zero-order valence-corrected chi connectivity index (χ0v) is 7.35. The molecule has 0 fully saturated rings. The van der Waals surface area contributed by atoms with Crippen molar-refractivity contribution >= 4 is 0 Å². The Bertz CT molecular complexity index is 263. The molecule has 0 saturated carbocycles. The SMILES string of the molecule is Cc1c(F)c(C(C)C)nn1C. The first kappa shape index (κ1) is 8.24. The second-order valence-corrected chi connectivity index (χ2v) is 3.06. The molecule has 0 bridgehead atoms. The molecule has 1 rings (SSSR count). The third-order valence-corrected chi connectivity index (χ3v) is 1.83. The Hall–Kier alpha value is -0.860. The molecule has 0 N–H and O–H groups in total. The number of hydrogen-bond acceptors (Lipinski definition) is 1. The van der Waals surface area contributed by atoms with Crippen molar-refractivity contribution in [2.24, 2.45) is 7.05 Å². The second-order valence-electron chi connectivity index (χ2n) is 3.06. The van der Waals surface area contributed by atoms with Crippen LogP contribution >= 0.6 is 0 Å². The summed E-state index contributed by atoms with van der Waals surface area (Å²) in [5.74, 6) is -0.00241. The normalized spacial score (nSPS) is 11.1. The molecule has 62 valence electrons. The van der Waals surface area contributed by atoms with Crippen LogP contribution in [0.5, 0.6) is 0 Å². The third-order valence-electron chi connectivity index (χ3n) is 1.83. The van der Waals surface area contributed by atoms with E-state index in [0.29, 0.717) is 11.4 Å². The van der Waals surface area contributed by atoms with Gasteiger partial charge in [0.25, 0.3) is 0 Å². The molecule has 1 aromatic heterocycles. The molecule has 0 aromatic carbocycles. The molecule has 0 amide bonds. The van der Waals surface area contributed by atoms with Crippen LogP contribution in [-0.4, -0.2) is 9.78 Å². The highest BCUT2D eigenvalue weighted by Crippen LogP contribution is 2.18. The first-order valence-corrected chi connectivity index (χ1v) is 3.73. The van der Waals surface area contributed by atoms with Crippen molar-refractivity contribution in [1.82, 2.24) is 9.78 Å². The Labute approximate surface area is 66.0 Å². The number of halogens is 1. The Morgan fingerprint density at radius 3 is 2.18 bits per heavy atom. The molecule has 3 heteroatoms. The molecule has 1 aromatic rings. The molecule has 0 aliphatic rings. The average molecular weight is 156 g/mol. The number of rotatable bonds is 1. The van der Waals surface area contributed by atoms with Crippen LogP contribution in [0.2, 0.25) is 0 Å². The Balaban J connectivity index is 3.19. The summed E-state index contributed by atoms with van der Waals surface area (Å²) in [6, 6.07) is 0. The lowest BCUT2D eigenvalue weighted by Crippen LogP contribution is -1.94. The quantitative estimate of drug-likeness (QED) is 0.608. The maximum Gasteiger partial charge on any atom is 0.167 e. The minimum absolute atomic E-state index is 0.162. The van der Waals surface area contributed by atoms with Gasteiger partial charge in [-0.1, -0.05) is 13.8 Å². The molecule has 11 heavy (non-hydrogen) atoms. The van der Waals surface area contributed by atoms with Gasteiger partial charge >= 0.3 is 0 Å². The van der Waals surface area contributed by atoms with Crippen molar-refractivity contribution < 1.29 is 4.39 Å². The van der Waals surface area contributed by atoms with Crippen LogP contribution in [-0.2, 0) is 7.05 Å². The summed E-state index contributed by atoms with van der Waals surface area (Å²) >= 11 is 0. The molecule has 1 heterocycles. The number of hydrogen-bond donors (Lipinski definition) is 0. The van der Waals surface area contributed by atoms with Gasteiger partial charge in [-0.3, -0.25) is 4.68 Å². The van der Waals surface area contributed by atoms with Gasteiger partial charge in [0.1, 0.15) is 5.69 Å². The van der Waals surface area contributed by atoms with Crippen LogP contribution in [0.1, 0.15) is 31.2 Å². The minimum Gasteiger partial charge on any atom is -0.270 e. The first-order chi connectivity index (χ1) is 5.04. The molecule has 0 unspecified atom stereocenters. The van der Waals surface area contributed by atoms with E-state index in [2.05, 4.69) is 5.10 Å². The molecule has 0 aliphatic heterocycles. The maximum atomic E-state index is 13.2. The molecule has 0 radical (unpaired) electrons. The average Bonchev–Trinajstić information content (AvgIpc) is 2.17. The lowest BCUT2D eigenvalue weighted by Gasteiger charge is -1.96. The molecule has 0 aliphatic carbocycles. The second kappa shape index (κ2) is 2.64. The van der Waals surface area contributed by atoms with Gasteiger partial charge in [-0.2, -0.15) is 5.10 Å². The van der Waals surface area contributed by atoms with Crippen LogP contribution in [0.4, 0.5) is 4.39 Å². The van der Waals surface area contributed by atoms with Crippen LogP contribution < -0.4 is 0 Å². The minimum atomic E-state index is -0.164. The first-order valence-electron chi connectivity index (χ1n) is 3.73. The van der Waals surface area contributed by atoms with Crippen molar-refractivity contribution in [2.75, 3.05) is 0 Å². The van der Waals surface area contributed by atoms with E-state index in [-0.39, 0.29) is 11.7 Å². The monoisotopic (exact) mass is 156 g/mol. The highest BCUT2D eigenvalue weighted by molar-refractivity contribution is 5.14. The fourth-order valence-electron chi connectivity index (χ4n) is 0.977. The van der Waals surface area contributed by atoms with Crippen LogP contribution in [0, 0.1) is 12.7 Å². The van der Waals surface area contributed by atoms with E-state index >= 15 is 0 Å². The van der Waals surface area contributed by atoms with E-state index in [4.69, 9.17) is 0 Å². The van der Waals surface area contributed by atoms with Crippen molar-refractivity contribution in [3.63, 3.8) is 0 Å². The smallest absolute Gasteiger partial charge is 0.167 e. The zero-order valence-electron chi connectivity index (χ0n) is 7.35. The Morgan fingerprint density at radius 2 is 2.00 bits per heavy atom. The molecule has 2 nitrogen and oxygen atoms in total. The van der Waals surface area contributed by atoms with Gasteiger partial charge in [-0.15, -0.1) is 0 Å². The summed E-state index contributed by atoms with van der Waals surface area (Å²) in [4.78, 5) is 0. The lowest BCUT2D eigenvalue weighted by molar-refractivity contribution is 0.589. The molecule has 0 spiro atoms. The predicted molar refractivity (Wildman–Crippen MR) is 42.0 cm³/mol. The highest BCUT2D eigenvalue weighted by Gasteiger charge is 2.14. The number of nitrogens with zero attached hydrogens (tertiary/aromatic N) is 2. The van der Waals surface area contributed by atoms with Crippen LogP contribution in [0.3, 0.4) is 0 Å². The Kier molecular flexibility index (Phi) is 1.98. The van der Waals surface area contributed by atoms with E-state index < -0.39 is 0 Å². The fraction of sp³-hybridized carbons (Fsp3) is 0.625. The van der Waals surface area contributed by atoms with Gasteiger partial charge in [0.2, 0.25) is 0 Å². The summed E-state index contributed by atoms with van der Waals surface area (Å²) in [5.41, 5.74) is 1.17. The third kappa shape index (κ3) is 1.27. The zero-order chi connectivity index (χ0) is 8.59. The molecule has 0 atom stereocenters. The van der Waals surface area contributed by atoms with Crippen molar-refractivity contribution in [2.45, 2.75) is 26.7 Å². The number of aryl methyl sites for hydroxylation is 1. The standard InChI is InChI=1S/C8H13FN2/c1-5(2)8-7(9)6(3)11(4)10-8/h5H,1-4H3. The summed E-state index contributed by atoms with van der Waals surface area (Å²) in [7, 11) is 1.75. The van der Waals surface area contributed by atoms with Crippen molar-refractivity contribution in [3.8, 4) is 0 Å². The van der Waals surface area contributed by atoms with E-state index in [1.165, 1.54) is 0 Å². The highest BCUT2D eigenvalue weighted by atomic mass is 19.1. The predicted octanol–water partition coefficient (Wildman–Crippen LogP) is 1.99. The topological polar surface area (TPSA) is 17.8 Å². The number of aromatic nitrogens is 2.